The van der Waals surface area contributed by atoms with Crippen LogP contribution in [0.15, 0.2) is 75.6 Å². The van der Waals surface area contributed by atoms with Gasteiger partial charge in [0.1, 0.15) is 11.1 Å². The van der Waals surface area contributed by atoms with E-state index in [2.05, 4.69) is 15.3 Å². The van der Waals surface area contributed by atoms with Gasteiger partial charge in [0.05, 0.1) is 18.4 Å². The Morgan fingerprint density at radius 2 is 1.93 bits per heavy atom. The zero-order chi connectivity index (χ0) is 20.2. The molecule has 1 N–H and O–H groups in total. The molecule has 144 valence electrons. The van der Waals surface area contributed by atoms with E-state index in [4.69, 9.17) is 9.15 Å². The van der Waals surface area contributed by atoms with Crippen molar-refractivity contribution in [2.45, 2.75) is 0 Å². The number of methoxy groups -OCH3 is 1. The number of carbonyl (C=O) groups is 2. The molecule has 0 fully saturated rings. The molecule has 0 aliphatic rings. The first-order valence-corrected chi connectivity index (χ1v) is 9.49. The number of para-hydroxylation sites is 1. The van der Waals surface area contributed by atoms with Crippen molar-refractivity contribution in [1.29, 1.82) is 0 Å². The van der Waals surface area contributed by atoms with Crippen LogP contribution in [-0.4, -0.2) is 24.0 Å². The molecule has 2 aromatic heterocycles. The maximum atomic E-state index is 12.8. The van der Waals surface area contributed by atoms with Crippen LogP contribution in [0, 0.1) is 0 Å². The molecule has 0 aliphatic carbocycles. The molecule has 29 heavy (non-hydrogen) atoms. The van der Waals surface area contributed by atoms with Gasteiger partial charge in [0.15, 0.2) is 5.13 Å². The summed E-state index contributed by atoms with van der Waals surface area (Å²) < 4.78 is 10.6. The molecule has 0 spiro atoms. The third kappa shape index (κ3) is 4.07. The van der Waals surface area contributed by atoms with Crippen molar-refractivity contribution < 1.29 is 18.7 Å². The SMILES string of the molecule is COC(=O)c1ccc(N=c2oc3ccccc3cc2C(=O)Nc2nccs2)cc1. The van der Waals surface area contributed by atoms with E-state index in [0.717, 1.165) is 5.39 Å². The van der Waals surface area contributed by atoms with Crippen molar-refractivity contribution in [3.8, 4) is 0 Å². The lowest BCUT2D eigenvalue weighted by atomic mass is 10.1. The van der Waals surface area contributed by atoms with Gasteiger partial charge in [-0.15, -0.1) is 11.3 Å². The van der Waals surface area contributed by atoms with Gasteiger partial charge >= 0.3 is 5.97 Å². The molecule has 0 radical (unpaired) electrons. The van der Waals surface area contributed by atoms with Crippen LogP contribution in [-0.2, 0) is 4.74 Å². The summed E-state index contributed by atoms with van der Waals surface area (Å²) in [5, 5.41) is 5.78. The normalized spacial score (nSPS) is 11.4. The number of carbonyl (C=O) groups excluding carboxylic acids is 2. The average Bonchev–Trinajstić information content (AvgIpc) is 3.26. The van der Waals surface area contributed by atoms with Crippen LogP contribution in [0.25, 0.3) is 11.0 Å². The minimum Gasteiger partial charge on any atom is -0.465 e. The number of hydrogen-bond donors (Lipinski definition) is 1. The second kappa shape index (κ2) is 8.07. The van der Waals surface area contributed by atoms with Gasteiger partial charge in [-0.1, -0.05) is 18.2 Å². The zero-order valence-electron chi connectivity index (χ0n) is 15.3. The van der Waals surface area contributed by atoms with Crippen LogP contribution in [0.3, 0.4) is 0 Å². The number of hydrogen-bond acceptors (Lipinski definition) is 7. The van der Waals surface area contributed by atoms with Crippen molar-refractivity contribution in [1.82, 2.24) is 4.98 Å². The summed E-state index contributed by atoms with van der Waals surface area (Å²) in [6.45, 7) is 0. The Labute approximate surface area is 169 Å². The molecule has 8 heteroatoms. The number of amides is 1. The summed E-state index contributed by atoms with van der Waals surface area (Å²) in [7, 11) is 1.32. The number of esters is 1. The van der Waals surface area contributed by atoms with Gasteiger partial charge in [-0.2, -0.15) is 0 Å². The van der Waals surface area contributed by atoms with Gasteiger partial charge in [-0.3, -0.25) is 10.1 Å². The Balaban J connectivity index is 1.80. The van der Waals surface area contributed by atoms with Crippen LogP contribution in [0.4, 0.5) is 10.8 Å². The molecule has 2 heterocycles. The van der Waals surface area contributed by atoms with Crippen LogP contribution in [0.1, 0.15) is 20.7 Å². The first-order valence-electron chi connectivity index (χ1n) is 8.61. The number of ether oxygens (including phenoxy) is 1. The molecule has 0 aliphatic heterocycles. The molecule has 4 aromatic rings. The van der Waals surface area contributed by atoms with Gasteiger partial charge in [0.2, 0.25) is 5.55 Å². The molecule has 4 rings (SSSR count). The highest BCUT2D eigenvalue weighted by atomic mass is 32.1. The van der Waals surface area contributed by atoms with Gasteiger partial charge < -0.3 is 9.15 Å². The van der Waals surface area contributed by atoms with E-state index < -0.39 is 5.97 Å². The number of anilines is 1. The van der Waals surface area contributed by atoms with E-state index in [0.29, 0.717) is 22.0 Å². The Hall–Kier alpha value is -3.78. The Bertz CT molecular complexity index is 1250. The number of aromatic nitrogens is 1. The lowest BCUT2D eigenvalue weighted by Crippen LogP contribution is -2.21. The number of rotatable bonds is 4. The summed E-state index contributed by atoms with van der Waals surface area (Å²) in [5.74, 6) is -0.810. The van der Waals surface area contributed by atoms with Crippen LogP contribution >= 0.6 is 11.3 Å². The van der Waals surface area contributed by atoms with Crippen molar-refractivity contribution in [3.63, 3.8) is 0 Å². The summed E-state index contributed by atoms with van der Waals surface area (Å²) >= 11 is 1.32. The fourth-order valence-electron chi connectivity index (χ4n) is 2.67. The monoisotopic (exact) mass is 405 g/mol. The second-order valence-electron chi connectivity index (χ2n) is 5.94. The molecule has 0 saturated heterocycles. The minimum atomic E-state index is -0.435. The third-order valence-corrected chi connectivity index (χ3v) is 4.76. The van der Waals surface area contributed by atoms with E-state index in [1.165, 1.54) is 18.4 Å². The maximum Gasteiger partial charge on any atom is 0.337 e. The summed E-state index contributed by atoms with van der Waals surface area (Å²) in [6, 6.07) is 15.6. The lowest BCUT2D eigenvalue weighted by molar-refractivity contribution is 0.0600. The molecule has 0 atom stereocenters. The van der Waals surface area contributed by atoms with Crippen molar-refractivity contribution in [3.05, 3.63) is 82.9 Å². The van der Waals surface area contributed by atoms with Crippen LogP contribution in [0.2, 0.25) is 0 Å². The van der Waals surface area contributed by atoms with Crippen LogP contribution < -0.4 is 10.9 Å². The average molecular weight is 405 g/mol. The quantitative estimate of drug-likeness (QED) is 0.515. The third-order valence-electron chi connectivity index (χ3n) is 4.07. The standard InChI is InChI=1S/C21H15N3O4S/c1-27-20(26)13-6-8-15(9-7-13)23-19-16(18(25)24-21-22-10-11-29-21)12-14-4-2-3-5-17(14)28-19/h2-12H,1H3,(H,22,24,25). The number of thiazole rings is 1. The summed E-state index contributed by atoms with van der Waals surface area (Å²) in [5.41, 5.74) is 1.96. The predicted octanol–water partition coefficient (Wildman–Crippen LogP) is 4.16. The molecular formula is C21H15N3O4S. The summed E-state index contributed by atoms with van der Waals surface area (Å²) in [6.07, 6.45) is 1.61. The molecule has 1 amide bonds. The van der Waals surface area contributed by atoms with Crippen molar-refractivity contribution in [2.75, 3.05) is 12.4 Å². The lowest BCUT2D eigenvalue weighted by Gasteiger charge is -2.05. The van der Waals surface area contributed by atoms with E-state index in [-0.39, 0.29) is 17.0 Å². The minimum absolute atomic E-state index is 0.156. The first kappa shape index (κ1) is 18.6. The fourth-order valence-corrected chi connectivity index (χ4v) is 3.20. The molecule has 0 unspecified atom stereocenters. The summed E-state index contributed by atoms with van der Waals surface area (Å²) in [4.78, 5) is 33.0. The van der Waals surface area contributed by atoms with E-state index >= 15 is 0 Å². The topological polar surface area (TPSA) is 93.8 Å². The number of nitrogens with zero attached hydrogens (tertiary/aromatic N) is 2. The second-order valence-corrected chi connectivity index (χ2v) is 6.84. The fraction of sp³-hybridized carbons (Fsp3) is 0.0476. The highest BCUT2D eigenvalue weighted by molar-refractivity contribution is 7.13. The smallest absolute Gasteiger partial charge is 0.337 e. The largest absolute Gasteiger partial charge is 0.465 e. The van der Waals surface area contributed by atoms with E-state index in [1.807, 2.05) is 18.2 Å². The van der Waals surface area contributed by atoms with Gasteiger partial charge in [-0.05, 0) is 36.4 Å². The molecular weight excluding hydrogens is 390 g/mol. The van der Waals surface area contributed by atoms with Gasteiger partial charge in [0, 0.05) is 17.0 Å². The number of fused-ring (bicyclic) bond motifs is 1. The van der Waals surface area contributed by atoms with E-state index in [1.54, 1.807) is 48.0 Å². The van der Waals surface area contributed by atoms with E-state index in [9.17, 15) is 9.59 Å². The molecule has 0 bridgehead atoms. The molecule has 0 saturated carbocycles. The Morgan fingerprint density at radius 3 is 2.66 bits per heavy atom. The number of benzene rings is 2. The number of nitrogens with one attached hydrogen (secondary N) is 1. The molecule has 2 aromatic carbocycles. The van der Waals surface area contributed by atoms with Crippen LogP contribution in [0.5, 0.6) is 0 Å². The van der Waals surface area contributed by atoms with Gasteiger partial charge in [-0.25, -0.2) is 14.8 Å². The maximum absolute atomic E-state index is 12.8. The Morgan fingerprint density at radius 1 is 1.14 bits per heavy atom. The highest BCUT2D eigenvalue weighted by Crippen LogP contribution is 2.18. The first-order chi connectivity index (χ1) is 14.1. The highest BCUT2D eigenvalue weighted by Gasteiger charge is 2.14. The Kier molecular flexibility index (Phi) is 5.17. The predicted molar refractivity (Wildman–Crippen MR) is 109 cm³/mol. The molecule has 7 nitrogen and oxygen atoms in total. The van der Waals surface area contributed by atoms with Crippen molar-refractivity contribution in [2.24, 2.45) is 4.99 Å². The van der Waals surface area contributed by atoms with Gasteiger partial charge in [0.25, 0.3) is 5.91 Å². The zero-order valence-corrected chi connectivity index (χ0v) is 16.1. The van der Waals surface area contributed by atoms with Crippen molar-refractivity contribution >= 4 is 45.0 Å².